The Kier molecular flexibility index (Phi) is 8.22. The standard InChI is InChI=1S/C23H32F2N6O4S2/c1-8-15-10-9-14-11-16(26-28-21-29-27-19(36-21)20(32)35-22(4,5)6)17(12-18(14)31(15)13(2)3)30-37(33,34)23(7,24)25/h11-13,15,30H,8-10H2,1-7H3. The van der Waals surface area contributed by atoms with E-state index in [0.29, 0.717) is 13.3 Å². The van der Waals surface area contributed by atoms with E-state index < -0.39 is 26.8 Å². The lowest BCUT2D eigenvalue weighted by atomic mass is 9.92. The lowest BCUT2D eigenvalue weighted by Gasteiger charge is -2.42. The molecule has 14 heteroatoms. The van der Waals surface area contributed by atoms with Crippen molar-refractivity contribution >= 4 is 49.5 Å². The lowest BCUT2D eigenvalue weighted by molar-refractivity contribution is 0.00682. The number of sulfonamides is 1. The number of fused-ring (bicyclic) bond motifs is 1. The van der Waals surface area contributed by atoms with Crippen molar-refractivity contribution in [1.29, 1.82) is 0 Å². The molecule has 3 rings (SSSR count). The number of aromatic nitrogens is 2. The van der Waals surface area contributed by atoms with Gasteiger partial charge in [0, 0.05) is 24.7 Å². The first-order valence-electron chi connectivity index (χ1n) is 11.9. The molecule has 1 aromatic heterocycles. The molecule has 1 aliphatic rings. The predicted molar refractivity (Wildman–Crippen MR) is 139 cm³/mol. The molecule has 204 valence electrons. The Morgan fingerprint density at radius 1 is 1.24 bits per heavy atom. The normalized spacial score (nSPS) is 16.8. The lowest BCUT2D eigenvalue weighted by Crippen LogP contribution is -2.43. The van der Waals surface area contributed by atoms with Crippen LogP contribution in [-0.2, 0) is 21.2 Å². The maximum atomic E-state index is 13.8. The van der Waals surface area contributed by atoms with Gasteiger partial charge in [0.15, 0.2) is 0 Å². The number of hydrogen-bond acceptors (Lipinski definition) is 10. The minimum Gasteiger partial charge on any atom is -0.455 e. The first-order valence-corrected chi connectivity index (χ1v) is 14.2. The van der Waals surface area contributed by atoms with E-state index in [1.165, 1.54) is 6.07 Å². The molecule has 0 saturated heterocycles. The summed E-state index contributed by atoms with van der Waals surface area (Å²) in [7, 11) is -5.05. The average Bonchev–Trinajstić information content (AvgIpc) is 3.24. The Hall–Kier alpha value is -2.74. The minimum absolute atomic E-state index is 0.0167. The van der Waals surface area contributed by atoms with Crippen molar-refractivity contribution in [2.45, 2.75) is 90.7 Å². The summed E-state index contributed by atoms with van der Waals surface area (Å²) in [6.07, 6.45) is 2.47. The van der Waals surface area contributed by atoms with Gasteiger partial charge in [0.1, 0.15) is 11.3 Å². The number of hydrogen-bond donors (Lipinski definition) is 1. The Balaban J connectivity index is 2.03. The highest BCUT2D eigenvalue weighted by Gasteiger charge is 2.40. The van der Waals surface area contributed by atoms with Gasteiger partial charge in [-0.1, -0.05) is 18.3 Å². The number of nitrogens with one attached hydrogen (secondary N) is 1. The summed E-state index contributed by atoms with van der Waals surface area (Å²) in [4.78, 5) is 14.4. The van der Waals surface area contributed by atoms with Crippen LogP contribution in [0, 0.1) is 0 Å². The van der Waals surface area contributed by atoms with Gasteiger partial charge in [0.2, 0.25) is 5.01 Å². The van der Waals surface area contributed by atoms with Crippen molar-refractivity contribution in [3.05, 3.63) is 22.7 Å². The molecule has 0 spiro atoms. The zero-order valence-electron chi connectivity index (χ0n) is 21.9. The van der Waals surface area contributed by atoms with Crippen molar-refractivity contribution < 1.29 is 26.7 Å². The van der Waals surface area contributed by atoms with Crippen LogP contribution in [0.4, 0.5) is 31.0 Å². The molecule has 37 heavy (non-hydrogen) atoms. The number of ether oxygens (including phenoxy) is 1. The summed E-state index contributed by atoms with van der Waals surface area (Å²) in [6.45, 7) is 11.6. The molecular weight excluding hydrogens is 526 g/mol. The van der Waals surface area contributed by atoms with Crippen molar-refractivity contribution in [2.75, 3.05) is 9.62 Å². The first kappa shape index (κ1) is 28.8. The molecule has 1 atom stereocenters. The zero-order chi connectivity index (χ0) is 27.8. The van der Waals surface area contributed by atoms with Gasteiger partial charge in [0.05, 0.1) is 5.69 Å². The maximum Gasteiger partial charge on any atom is 0.370 e. The van der Waals surface area contributed by atoms with E-state index >= 15 is 0 Å². The fraction of sp³-hybridized carbons (Fsp3) is 0.609. The van der Waals surface area contributed by atoms with Crippen molar-refractivity contribution in [1.82, 2.24) is 10.2 Å². The van der Waals surface area contributed by atoms with Crippen molar-refractivity contribution in [3.8, 4) is 0 Å². The highest BCUT2D eigenvalue weighted by Crippen LogP contribution is 2.42. The maximum absolute atomic E-state index is 13.8. The van der Waals surface area contributed by atoms with Crippen LogP contribution in [0.25, 0.3) is 0 Å². The van der Waals surface area contributed by atoms with E-state index in [1.807, 2.05) is 18.6 Å². The van der Waals surface area contributed by atoms with E-state index in [-0.39, 0.29) is 33.6 Å². The summed E-state index contributed by atoms with van der Waals surface area (Å²) in [5.74, 6) is -0.668. The predicted octanol–water partition coefficient (Wildman–Crippen LogP) is 6.20. The average molecular weight is 559 g/mol. The van der Waals surface area contributed by atoms with Gasteiger partial charge in [-0.05, 0) is 71.6 Å². The summed E-state index contributed by atoms with van der Waals surface area (Å²) in [5, 5.41) is 11.6. The van der Waals surface area contributed by atoms with Crippen molar-refractivity contribution in [2.24, 2.45) is 10.2 Å². The van der Waals surface area contributed by atoms with Gasteiger partial charge in [-0.3, -0.25) is 4.72 Å². The molecular formula is C23H32F2N6O4S2. The van der Waals surface area contributed by atoms with Gasteiger partial charge < -0.3 is 9.64 Å². The number of carbonyl (C=O) groups excluding carboxylic acids is 1. The molecule has 1 aliphatic heterocycles. The van der Waals surface area contributed by atoms with Crippen LogP contribution in [0.3, 0.4) is 0 Å². The quantitative estimate of drug-likeness (QED) is 0.302. The van der Waals surface area contributed by atoms with E-state index in [0.717, 1.165) is 35.4 Å². The van der Waals surface area contributed by atoms with Gasteiger partial charge in [0.25, 0.3) is 15.2 Å². The van der Waals surface area contributed by atoms with Crippen LogP contribution >= 0.6 is 11.3 Å². The van der Waals surface area contributed by atoms with Crippen LogP contribution in [0.1, 0.15) is 76.7 Å². The number of anilines is 2. The molecule has 2 heterocycles. The molecule has 2 aromatic rings. The molecule has 0 radical (unpaired) electrons. The number of aryl methyl sites for hydroxylation is 1. The number of rotatable bonds is 8. The Bertz CT molecular complexity index is 1280. The van der Waals surface area contributed by atoms with Gasteiger partial charge in [-0.25, -0.2) is 13.2 Å². The second-order valence-corrected chi connectivity index (χ2v) is 13.0. The molecule has 1 aromatic carbocycles. The summed E-state index contributed by atoms with van der Waals surface area (Å²) in [5.41, 5.74) is 0.835. The summed E-state index contributed by atoms with van der Waals surface area (Å²) in [6, 6.07) is 3.49. The molecule has 1 unspecified atom stereocenters. The fourth-order valence-electron chi connectivity index (χ4n) is 3.97. The van der Waals surface area contributed by atoms with Crippen LogP contribution < -0.4 is 9.62 Å². The van der Waals surface area contributed by atoms with Crippen LogP contribution in [-0.4, -0.2) is 47.5 Å². The summed E-state index contributed by atoms with van der Waals surface area (Å²) < 4.78 is 59.6. The van der Waals surface area contributed by atoms with E-state index in [2.05, 4.69) is 32.2 Å². The molecule has 10 nitrogen and oxygen atoms in total. The van der Waals surface area contributed by atoms with Gasteiger partial charge in [-0.2, -0.15) is 8.78 Å². The molecule has 0 aliphatic carbocycles. The number of nitrogens with zero attached hydrogens (tertiary/aromatic N) is 5. The van der Waals surface area contributed by atoms with E-state index in [9.17, 15) is 22.0 Å². The van der Waals surface area contributed by atoms with Crippen LogP contribution in [0.2, 0.25) is 0 Å². The third-order valence-electron chi connectivity index (χ3n) is 5.59. The number of azo groups is 1. The number of esters is 1. The number of benzene rings is 1. The van der Waals surface area contributed by atoms with Gasteiger partial charge in [-0.15, -0.1) is 20.4 Å². The second-order valence-electron chi connectivity index (χ2n) is 10.1. The topological polar surface area (TPSA) is 126 Å². The van der Waals surface area contributed by atoms with E-state index in [1.54, 1.807) is 26.8 Å². The zero-order valence-corrected chi connectivity index (χ0v) is 23.5. The molecule has 0 saturated carbocycles. The third-order valence-corrected chi connectivity index (χ3v) is 7.81. The number of alkyl halides is 2. The minimum atomic E-state index is -5.05. The molecule has 0 bridgehead atoms. The van der Waals surface area contributed by atoms with Crippen LogP contribution in [0.15, 0.2) is 22.4 Å². The monoisotopic (exact) mass is 558 g/mol. The third kappa shape index (κ3) is 6.78. The van der Waals surface area contributed by atoms with E-state index in [4.69, 9.17) is 4.74 Å². The SMILES string of the molecule is CCC1CCc2cc(N=Nc3nnc(C(=O)OC(C)(C)C)s3)c(NS(=O)(=O)C(C)(F)F)cc2N1C(C)C. The Labute approximate surface area is 219 Å². The Morgan fingerprint density at radius 3 is 2.49 bits per heavy atom. The van der Waals surface area contributed by atoms with Gasteiger partial charge >= 0.3 is 11.2 Å². The Morgan fingerprint density at radius 2 is 1.92 bits per heavy atom. The molecule has 1 N–H and O–H groups in total. The second kappa shape index (κ2) is 10.6. The molecule has 0 amide bonds. The molecule has 0 fully saturated rings. The largest absolute Gasteiger partial charge is 0.455 e. The first-order chi connectivity index (χ1) is 17.0. The summed E-state index contributed by atoms with van der Waals surface area (Å²) >= 11 is 0.836. The number of halogens is 2. The highest BCUT2D eigenvalue weighted by molar-refractivity contribution is 7.93. The van der Waals surface area contributed by atoms with Crippen LogP contribution in [0.5, 0.6) is 0 Å². The smallest absolute Gasteiger partial charge is 0.370 e. The highest BCUT2D eigenvalue weighted by atomic mass is 32.2. The van der Waals surface area contributed by atoms with Crippen molar-refractivity contribution in [3.63, 3.8) is 0 Å². The number of carbonyl (C=O) groups is 1. The fourth-order valence-corrected chi connectivity index (χ4v) is 5.15.